The lowest BCUT2D eigenvalue weighted by atomic mass is 10.0. The van der Waals surface area contributed by atoms with Gasteiger partial charge in [0.1, 0.15) is 6.10 Å². The Balaban J connectivity index is 3.08. The van der Waals surface area contributed by atoms with E-state index in [1.165, 1.54) is 0 Å². The number of hydrogen-bond donors (Lipinski definition) is 0. The molecule has 1 aromatic rings. The second-order valence-electron chi connectivity index (χ2n) is 3.77. The lowest BCUT2D eigenvalue weighted by Gasteiger charge is -2.17. The highest BCUT2D eigenvalue weighted by Crippen LogP contribution is 2.31. The normalized spacial score (nSPS) is 12.0. The Morgan fingerprint density at radius 2 is 1.83 bits per heavy atom. The molecule has 0 radical (unpaired) electrons. The molecule has 0 saturated heterocycles. The van der Waals surface area contributed by atoms with E-state index in [1.54, 1.807) is 26.4 Å². The van der Waals surface area contributed by atoms with Crippen molar-refractivity contribution in [2.75, 3.05) is 20.8 Å². The van der Waals surface area contributed by atoms with Crippen LogP contribution in [0.15, 0.2) is 18.2 Å². The van der Waals surface area contributed by atoms with Gasteiger partial charge in [-0.05, 0) is 24.6 Å². The maximum atomic E-state index is 11.9. The van der Waals surface area contributed by atoms with E-state index in [-0.39, 0.29) is 5.78 Å². The largest absolute Gasteiger partial charge is 0.493 e. The minimum Gasteiger partial charge on any atom is -0.493 e. The van der Waals surface area contributed by atoms with Gasteiger partial charge >= 0.3 is 0 Å². The van der Waals surface area contributed by atoms with Crippen LogP contribution in [0.3, 0.4) is 0 Å². The van der Waals surface area contributed by atoms with Gasteiger partial charge in [0.05, 0.1) is 14.2 Å². The maximum Gasteiger partial charge on any atom is 0.165 e. The van der Waals surface area contributed by atoms with Crippen LogP contribution in [0.25, 0.3) is 0 Å². The van der Waals surface area contributed by atoms with Crippen LogP contribution < -0.4 is 9.47 Å². The molecule has 0 heterocycles. The average Bonchev–Trinajstić information content (AvgIpc) is 2.43. The number of carbonyl (C=O) groups excluding carboxylic acids is 1. The molecule has 0 aliphatic heterocycles. The Morgan fingerprint density at radius 3 is 2.33 bits per heavy atom. The maximum absolute atomic E-state index is 11.9. The van der Waals surface area contributed by atoms with E-state index in [9.17, 15) is 4.79 Å². The minimum atomic E-state index is -0.528. The van der Waals surface area contributed by atoms with Gasteiger partial charge in [-0.3, -0.25) is 4.79 Å². The summed E-state index contributed by atoms with van der Waals surface area (Å²) >= 11 is 0. The van der Waals surface area contributed by atoms with Crippen LogP contribution >= 0.6 is 0 Å². The number of Topliss-reactive ketones (excluding diaryl/α,β-unsaturated/α-hetero) is 1. The molecule has 0 aromatic heterocycles. The average molecular weight is 252 g/mol. The summed E-state index contributed by atoms with van der Waals surface area (Å²) in [7, 11) is 3.15. The van der Waals surface area contributed by atoms with Crippen molar-refractivity contribution in [2.45, 2.75) is 26.4 Å². The summed E-state index contributed by atoms with van der Waals surface area (Å²) < 4.78 is 15.9. The molecule has 18 heavy (non-hydrogen) atoms. The summed E-state index contributed by atoms with van der Waals surface area (Å²) in [5, 5.41) is 0. The highest BCUT2D eigenvalue weighted by Gasteiger charge is 2.20. The molecule has 1 aromatic carbocycles. The van der Waals surface area contributed by atoms with Crippen molar-refractivity contribution in [1.82, 2.24) is 0 Å². The van der Waals surface area contributed by atoms with E-state index in [4.69, 9.17) is 14.2 Å². The van der Waals surface area contributed by atoms with Gasteiger partial charge in [0.25, 0.3) is 0 Å². The zero-order valence-corrected chi connectivity index (χ0v) is 11.4. The third-order valence-corrected chi connectivity index (χ3v) is 2.68. The van der Waals surface area contributed by atoms with Crippen LogP contribution in [0.2, 0.25) is 0 Å². The first-order chi connectivity index (χ1) is 8.67. The Labute approximate surface area is 108 Å². The van der Waals surface area contributed by atoms with Gasteiger partial charge in [-0.25, -0.2) is 0 Å². The molecule has 1 atom stereocenters. The summed E-state index contributed by atoms with van der Waals surface area (Å²) in [6.45, 7) is 4.19. The van der Waals surface area contributed by atoms with Crippen LogP contribution in [0, 0.1) is 0 Å². The topological polar surface area (TPSA) is 44.8 Å². The standard InChI is InChI=1S/C14H20O4/c1-5-11(15)14(18-6-2)10-7-8-12(16-3)13(9-10)17-4/h7-9,14H,5-6H2,1-4H3. The third-order valence-electron chi connectivity index (χ3n) is 2.68. The first-order valence-electron chi connectivity index (χ1n) is 6.04. The first kappa shape index (κ1) is 14.5. The molecular formula is C14H20O4. The molecule has 0 bridgehead atoms. The van der Waals surface area contributed by atoms with Gasteiger partial charge in [0.15, 0.2) is 17.3 Å². The fraction of sp³-hybridized carbons (Fsp3) is 0.500. The quantitative estimate of drug-likeness (QED) is 0.748. The van der Waals surface area contributed by atoms with Gasteiger partial charge in [0, 0.05) is 13.0 Å². The summed E-state index contributed by atoms with van der Waals surface area (Å²) in [4.78, 5) is 11.9. The molecule has 0 fully saturated rings. The zero-order valence-electron chi connectivity index (χ0n) is 11.4. The summed E-state index contributed by atoms with van der Waals surface area (Å²) in [5.74, 6) is 1.30. The van der Waals surface area contributed by atoms with E-state index >= 15 is 0 Å². The minimum absolute atomic E-state index is 0.0593. The monoisotopic (exact) mass is 252 g/mol. The van der Waals surface area contributed by atoms with E-state index in [2.05, 4.69) is 0 Å². The van der Waals surface area contributed by atoms with E-state index < -0.39 is 6.10 Å². The number of ether oxygens (including phenoxy) is 3. The molecule has 0 spiro atoms. The predicted molar refractivity (Wildman–Crippen MR) is 69.2 cm³/mol. The fourth-order valence-electron chi connectivity index (χ4n) is 1.74. The van der Waals surface area contributed by atoms with Crippen LogP contribution in [-0.4, -0.2) is 26.6 Å². The molecule has 100 valence electrons. The third kappa shape index (κ3) is 3.23. The Bertz CT molecular complexity index is 401. The molecule has 0 amide bonds. The summed E-state index contributed by atoms with van der Waals surface area (Å²) in [5.41, 5.74) is 0.793. The predicted octanol–water partition coefficient (Wildman–Crippen LogP) is 2.76. The van der Waals surface area contributed by atoms with Crippen molar-refractivity contribution in [3.8, 4) is 11.5 Å². The lowest BCUT2D eigenvalue weighted by Crippen LogP contribution is -2.15. The zero-order chi connectivity index (χ0) is 13.5. The second-order valence-corrected chi connectivity index (χ2v) is 3.77. The summed E-state index contributed by atoms with van der Waals surface area (Å²) in [6.07, 6.45) is -0.0845. The van der Waals surface area contributed by atoms with E-state index in [1.807, 2.05) is 19.9 Å². The van der Waals surface area contributed by atoms with Gasteiger partial charge < -0.3 is 14.2 Å². The summed E-state index contributed by atoms with van der Waals surface area (Å²) in [6, 6.07) is 5.39. The Morgan fingerprint density at radius 1 is 1.17 bits per heavy atom. The second kappa shape index (κ2) is 7.01. The number of ketones is 1. The van der Waals surface area contributed by atoms with Gasteiger partial charge in [0.2, 0.25) is 0 Å². The molecule has 0 aliphatic rings. The van der Waals surface area contributed by atoms with Crippen LogP contribution in [0.5, 0.6) is 11.5 Å². The molecule has 0 saturated carbocycles. The lowest BCUT2D eigenvalue weighted by molar-refractivity contribution is -0.130. The molecule has 1 rings (SSSR count). The van der Waals surface area contributed by atoms with Gasteiger partial charge in [-0.1, -0.05) is 13.0 Å². The highest BCUT2D eigenvalue weighted by atomic mass is 16.5. The SMILES string of the molecule is CCOC(C(=O)CC)c1ccc(OC)c(OC)c1. The van der Waals surface area contributed by atoms with Crippen LogP contribution in [0.1, 0.15) is 31.9 Å². The van der Waals surface area contributed by atoms with Gasteiger partial charge in [-0.2, -0.15) is 0 Å². The molecule has 0 aliphatic carbocycles. The molecule has 0 N–H and O–H groups in total. The molecular weight excluding hydrogens is 232 g/mol. The van der Waals surface area contributed by atoms with Crippen molar-refractivity contribution in [1.29, 1.82) is 0 Å². The Kier molecular flexibility index (Phi) is 5.65. The van der Waals surface area contributed by atoms with Crippen molar-refractivity contribution >= 4 is 5.78 Å². The number of carbonyl (C=O) groups is 1. The number of benzene rings is 1. The highest BCUT2D eigenvalue weighted by molar-refractivity contribution is 5.84. The first-order valence-corrected chi connectivity index (χ1v) is 6.04. The van der Waals surface area contributed by atoms with Crippen LogP contribution in [0.4, 0.5) is 0 Å². The number of rotatable bonds is 7. The van der Waals surface area contributed by atoms with Crippen LogP contribution in [-0.2, 0) is 9.53 Å². The molecule has 4 heteroatoms. The number of hydrogen-bond acceptors (Lipinski definition) is 4. The Hall–Kier alpha value is -1.55. The van der Waals surface area contributed by atoms with Crippen molar-refractivity contribution in [3.63, 3.8) is 0 Å². The fourth-order valence-corrected chi connectivity index (χ4v) is 1.74. The van der Waals surface area contributed by atoms with E-state index in [0.717, 1.165) is 5.56 Å². The van der Waals surface area contributed by atoms with Crippen molar-refractivity contribution in [3.05, 3.63) is 23.8 Å². The molecule has 1 unspecified atom stereocenters. The smallest absolute Gasteiger partial charge is 0.165 e. The van der Waals surface area contributed by atoms with E-state index in [0.29, 0.717) is 24.5 Å². The number of methoxy groups -OCH3 is 2. The van der Waals surface area contributed by atoms with Crippen molar-refractivity contribution < 1.29 is 19.0 Å². The molecule has 4 nitrogen and oxygen atoms in total. The van der Waals surface area contributed by atoms with Gasteiger partial charge in [-0.15, -0.1) is 0 Å². The van der Waals surface area contributed by atoms with Crippen molar-refractivity contribution in [2.24, 2.45) is 0 Å².